The van der Waals surface area contributed by atoms with Crippen LogP contribution in [0.1, 0.15) is 33.3 Å². The smallest absolute Gasteiger partial charge is 0.328 e. The molecule has 0 aromatic heterocycles. The van der Waals surface area contributed by atoms with Gasteiger partial charge in [0.05, 0.1) is 0 Å². The van der Waals surface area contributed by atoms with Crippen LogP contribution >= 0.6 is 0 Å². The third-order valence-electron chi connectivity index (χ3n) is 2.86. The molecule has 116 valence electrons. The highest BCUT2D eigenvalue weighted by Gasteiger charge is 2.12. The van der Waals surface area contributed by atoms with E-state index in [1.807, 2.05) is 6.07 Å². The molecular formula is C17H24FNO2. The second kappa shape index (κ2) is 7.81. The van der Waals surface area contributed by atoms with Crippen molar-refractivity contribution in [3.8, 4) is 0 Å². The highest BCUT2D eigenvalue weighted by Crippen LogP contribution is 2.22. The lowest BCUT2D eigenvalue weighted by Gasteiger charge is -2.29. The summed E-state index contributed by atoms with van der Waals surface area (Å²) in [7, 11) is 0. The number of anilines is 1. The molecule has 0 spiro atoms. The number of nitrogens with zero attached hydrogens (tertiary/aromatic N) is 1. The minimum atomic E-state index is -1.04. The van der Waals surface area contributed by atoms with Crippen molar-refractivity contribution in [3.63, 3.8) is 0 Å². The number of carboxylic acids is 1. The molecule has 0 aliphatic heterocycles. The van der Waals surface area contributed by atoms with Gasteiger partial charge < -0.3 is 10.0 Å². The van der Waals surface area contributed by atoms with Gasteiger partial charge in [0.25, 0.3) is 0 Å². The van der Waals surface area contributed by atoms with Crippen LogP contribution in [0.2, 0.25) is 0 Å². The predicted octanol–water partition coefficient (Wildman–Crippen LogP) is 4.04. The van der Waals surface area contributed by atoms with Gasteiger partial charge in [0.15, 0.2) is 0 Å². The van der Waals surface area contributed by atoms with Gasteiger partial charge in [-0.1, -0.05) is 27.7 Å². The molecule has 4 heteroatoms. The van der Waals surface area contributed by atoms with Crippen LogP contribution < -0.4 is 4.90 Å². The van der Waals surface area contributed by atoms with E-state index in [2.05, 4.69) is 32.6 Å². The Labute approximate surface area is 126 Å². The van der Waals surface area contributed by atoms with Crippen molar-refractivity contribution < 1.29 is 14.3 Å². The molecular weight excluding hydrogens is 269 g/mol. The monoisotopic (exact) mass is 293 g/mol. The Morgan fingerprint density at radius 3 is 2.24 bits per heavy atom. The van der Waals surface area contributed by atoms with Gasteiger partial charge in [0.2, 0.25) is 0 Å². The van der Waals surface area contributed by atoms with E-state index in [1.54, 1.807) is 0 Å². The molecule has 0 bridgehead atoms. The minimum Gasteiger partial charge on any atom is -0.478 e. The van der Waals surface area contributed by atoms with E-state index < -0.39 is 5.97 Å². The van der Waals surface area contributed by atoms with Crippen LogP contribution in [0.5, 0.6) is 0 Å². The summed E-state index contributed by atoms with van der Waals surface area (Å²) < 4.78 is 13.8. The van der Waals surface area contributed by atoms with Gasteiger partial charge >= 0.3 is 5.97 Å². The van der Waals surface area contributed by atoms with Crippen molar-refractivity contribution >= 4 is 17.7 Å². The van der Waals surface area contributed by atoms with Crippen molar-refractivity contribution in [3.05, 3.63) is 35.7 Å². The summed E-state index contributed by atoms with van der Waals surface area (Å²) in [6.45, 7) is 10.2. The maximum atomic E-state index is 13.8. The Bertz CT molecular complexity index is 500. The van der Waals surface area contributed by atoms with Crippen LogP contribution in [0.25, 0.3) is 6.08 Å². The van der Waals surface area contributed by atoms with E-state index in [0.717, 1.165) is 24.9 Å². The molecule has 0 fully saturated rings. The molecule has 3 nitrogen and oxygen atoms in total. The average molecular weight is 293 g/mol. The van der Waals surface area contributed by atoms with E-state index in [4.69, 9.17) is 5.11 Å². The molecule has 0 amide bonds. The van der Waals surface area contributed by atoms with Gasteiger partial charge in [0, 0.05) is 24.9 Å². The van der Waals surface area contributed by atoms with Crippen LogP contribution in [0, 0.1) is 17.7 Å². The predicted molar refractivity (Wildman–Crippen MR) is 85.0 cm³/mol. The fourth-order valence-electron chi connectivity index (χ4n) is 2.21. The summed E-state index contributed by atoms with van der Waals surface area (Å²) in [6.07, 6.45) is 2.44. The molecule has 1 aromatic carbocycles. The highest BCUT2D eigenvalue weighted by atomic mass is 19.1. The maximum absolute atomic E-state index is 13.8. The number of carbonyl (C=O) groups is 1. The molecule has 0 saturated carbocycles. The van der Waals surface area contributed by atoms with Gasteiger partial charge in [-0.25, -0.2) is 9.18 Å². The Morgan fingerprint density at radius 1 is 1.19 bits per heavy atom. The van der Waals surface area contributed by atoms with Gasteiger partial charge in [-0.3, -0.25) is 0 Å². The zero-order valence-electron chi connectivity index (χ0n) is 13.1. The Balaban J connectivity index is 3.09. The number of hydrogen-bond donors (Lipinski definition) is 1. The zero-order valence-corrected chi connectivity index (χ0v) is 13.1. The van der Waals surface area contributed by atoms with E-state index >= 15 is 0 Å². The summed E-state index contributed by atoms with van der Waals surface area (Å²) in [5.41, 5.74) is 1.35. The topological polar surface area (TPSA) is 40.5 Å². The summed E-state index contributed by atoms with van der Waals surface area (Å²) in [5.74, 6) is -0.466. The summed E-state index contributed by atoms with van der Waals surface area (Å²) >= 11 is 0. The SMILES string of the molecule is CC(C)CN(CC(C)C)c1cc(F)cc(/C=C/C(=O)O)c1. The van der Waals surface area contributed by atoms with Crippen molar-refractivity contribution in [1.29, 1.82) is 0 Å². The van der Waals surface area contributed by atoms with Crippen LogP contribution in [-0.2, 0) is 4.79 Å². The summed E-state index contributed by atoms with van der Waals surface area (Å²) in [6, 6.07) is 4.67. The zero-order chi connectivity index (χ0) is 16.0. The van der Waals surface area contributed by atoms with E-state index in [-0.39, 0.29) is 5.82 Å². The van der Waals surface area contributed by atoms with Crippen molar-refractivity contribution in [2.45, 2.75) is 27.7 Å². The molecule has 0 atom stereocenters. The van der Waals surface area contributed by atoms with Crippen LogP contribution in [-0.4, -0.2) is 24.2 Å². The lowest BCUT2D eigenvalue weighted by atomic mass is 10.1. The third kappa shape index (κ3) is 6.43. The third-order valence-corrected chi connectivity index (χ3v) is 2.86. The Hall–Kier alpha value is -1.84. The van der Waals surface area contributed by atoms with E-state index in [1.165, 1.54) is 18.2 Å². The second-order valence-corrected chi connectivity index (χ2v) is 6.11. The maximum Gasteiger partial charge on any atom is 0.328 e. The molecule has 0 aliphatic carbocycles. The summed E-state index contributed by atoms with van der Waals surface area (Å²) in [5, 5.41) is 8.67. The highest BCUT2D eigenvalue weighted by molar-refractivity contribution is 5.85. The normalized spacial score (nSPS) is 11.6. The van der Waals surface area contributed by atoms with Crippen molar-refractivity contribution in [2.24, 2.45) is 11.8 Å². The first kappa shape index (κ1) is 17.2. The first-order valence-corrected chi connectivity index (χ1v) is 7.24. The van der Waals surface area contributed by atoms with Gasteiger partial charge in [0.1, 0.15) is 5.82 Å². The Morgan fingerprint density at radius 2 is 1.76 bits per heavy atom. The van der Waals surface area contributed by atoms with Crippen LogP contribution in [0.4, 0.5) is 10.1 Å². The fourth-order valence-corrected chi connectivity index (χ4v) is 2.21. The molecule has 1 rings (SSSR count). The molecule has 0 aliphatic rings. The molecule has 0 saturated heterocycles. The minimum absolute atomic E-state index is 0.352. The molecule has 0 radical (unpaired) electrons. The van der Waals surface area contributed by atoms with E-state index in [0.29, 0.717) is 17.4 Å². The van der Waals surface area contributed by atoms with Gasteiger partial charge in [-0.2, -0.15) is 0 Å². The Kier molecular flexibility index (Phi) is 6.40. The second-order valence-electron chi connectivity index (χ2n) is 6.11. The average Bonchev–Trinajstić information content (AvgIpc) is 2.33. The number of carboxylic acid groups (broad SMARTS) is 1. The molecule has 0 heterocycles. The molecule has 1 N–H and O–H groups in total. The number of aliphatic carboxylic acids is 1. The summed E-state index contributed by atoms with van der Waals surface area (Å²) in [4.78, 5) is 12.7. The van der Waals surface area contributed by atoms with Crippen molar-refractivity contribution in [2.75, 3.05) is 18.0 Å². The molecule has 1 aromatic rings. The molecule has 21 heavy (non-hydrogen) atoms. The largest absolute Gasteiger partial charge is 0.478 e. The number of halogens is 1. The van der Waals surface area contributed by atoms with Crippen LogP contribution in [0.15, 0.2) is 24.3 Å². The lowest BCUT2D eigenvalue weighted by molar-refractivity contribution is -0.131. The number of benzene rings is 1. The first-order valence-electron chi connectivity index (χ1n) is 7.24. The van der Waals surface area contributed by atoms with Gasteiger partial charge in [-0.05, 0) is 41.7 Å². The number of rotatable bonds is 7. The fraction of sp³-hybridized carbons (Fsp3) is 0.471. The van der Waals surface area contributed by atoms with Crippen LogP contribution in [0.3, 0.4) is 0 Å². The lowest BCUT2D eigenvalue weighted by Crippen LogP contribution is -2.31. The quantitative estimate of drug-likeness (QED) is 0.771. The van der Waals surface area contributed by atoms with Crippen molar-refractivity contribution in [1.82, 2.24) is 0 Å². The van der Waals surface area contributed by atoms with E-state index in [9.17, 15) is 9.18 Å². The van der Waals surface area contributed by atoms with Gasteiger partial charge in [-0.15, -0.1) is 0 Å². The first-order chi connectivity index (χ1) is 9.77. The number of hydrogen-bond acceptors (Lipinski definition) is 2. The molecule has 0 unspecified atom stereocenters. The standard InChI is InChI=1S/C17H24FNO2/c1-12(2)10-19(11-13(3)4)16-8-14(5-6-17(20)21)7-15(18)9-16/h5-9,12-13H,10-11H2,1-4H3,(H,20,21)/b6-5+.